The van der Waals surface area contributed by atoms with E-state index in [1.807, 2.05) is 35.0 Å². The van der Waals surface area contributed by atoms with E-state index in [0.29, 0.717) is 13.0 Å². The van der Waals surface area contributed by atoms with Gasteiger partial charge in [-0.25, -0.2) is 4.98 Å². The molecule has 1 saturated heterocycles. The second kappa shape index (κ2) is 5.22. The van der Waals surface area contributed by atoms with E-state index in [2.05, 4.69) is 10.9 Å². The zero-order valence-electron chi connectivity index (χ0n) is 11.1. The largest absolute Gasteiger partial charge is 0.333 e. The fourth-order valence-corrected chi connectivity index (χ4v) is 2.48. The van der Waals surface area contributed by atoms with Crippen molar-refractivity contribution in [3.05, 3.63) is 48.5 Å². The van der Waals surface area contributed by atoms with Gasteiger partial charge in [0.25, 0.3) is 0 Å². The predicted molar refractivity (Wildman–Crippen MR) is 77.1 cm³/mol. The topological polar surface area (TPSA) is 38.1 Å². The molecule has 0 aliphatic carbocycles. The van der Waals surface area contributed by atoms with Crippen molar-refractivity contribution >= 4 is 11.6 Å². The Bertz CT molecular complexity index is 655. The molecule has 2 aromatic rings. The predicted octanol–water partition coefficient (Wildman–Crippen LogP) is 1.92. The molecule has 1 aliphatic rings. The highest BCUT2D eigenvalue weighted by Gasteiger charge is 2.29. The molecule has 4 heteroatoms. The summed E-state index contributed by atoms with van der Waals surface area (Å²) in [6.45, 7) is 1.36. The molecular formula is C16H15N3O. The lowest BCUT2D eigenvalue weighted by atomic mass is 10.1. The second-order valence-electron chi connectivity index (χ2n) is 4.98. The molecule has 1 aromatic carbocycles. The van der Waals surface area contributed by atoms with Crippen LogP contribution < -0.4 is 4.90 Å². The number of hydrogen-bond acceptors (Lipinski definition) is 2. The molecule has 0 saturated carbocycles. The highest BCUT2D eigenvalue weighted by molar-refractivity contribution is 5.96. The monoisotopic (exact) mass is 265 g/mol. The van der Waals surface area contributed by atoms with Crippen LogP contribution in [0.4, 0.5) is 5.69 Å². The number of imidazole rings is 1. The summed E-state index contributed by atoms with van der Waals surface area (Å²) in [5.41, 5.74) is 2.06. The van der Waals surface area contributed by atoms with Crippen LogP contribution in [0.1, 0.15) is 12.0 Å². The molecule has 100 valence electrons. The zero-order chi connectivity index (χ0) is 13.9. The standard InChI is InChI=1S/C16H15N3O/c1-2-13-9-16(20)19(11-13)15-5-3-4-14(8-15)10-18-7-6-17-12-18/h1,3-8,12-13H,9-11H2. The van der Waals surface area contributed by atoms with Crippen LogP contribution in [-0.2, 0) is 11.3 Å². The number of carbonyl (C=O) groups is 1. The normalized spacial score (nSPS) is 18.2. The van der Waals surface area contributed by atoms with Gasteiger partial charge < -0.3 is 9.47 Å². The van der Waals surface area contributed by atoms with Crippen molar-refractivity contribution in [3.8, 4) is 12.3 Å². The van der Waals surface area contributed by atoms with Crippen LogP contribution in [0.3, 0.4) is 0 Å². The first kappa shape index (κ1) is 12.5. The minimum Gasteiger partial charge on any atom is -0.333 e. The summed E-state index contributed by atoms with van der Waals surface area (Å²) in [7, 11) is 0. The molecule has 1 amide bonds. The molecule has 1 unspecified atom stereocenters. The Kier molecular flexibility index (Phi) is 3.26. The third kappa shape index (κ3) is 2.43. The van der Waals surface area contributed by atoms with Crippen LogP contribution in [0, 0.1) is 18.3 Å². The molecule has 20 heavy (non-hydrogen) atoms. The van der Waals surface area contributed by atoms with Gasteiger partial charge in [-0.05, 0) is 17.7 Å². The van der Waals surface area contributed by atoms with Crippen molar-refractivity contribution in [3.63, 3.8) is 0 Å². The van der Waals surface area contributed by atoms with Crippen LogP contribution in [0.15, 0.2) is 43.0 Å². The Morgan fingerprint density at radius 1 is 1.45 bits per heavy atom. The molecule has 4 nitrogen and oxygen atoms in total. The number of rotatable bonds is 3. The molecular weight excluding hydrogens is 250 g/mol. The highest BCUT2D eigenvalue weighted by Crippen LogP contribution is 2.25. The molecule has 3 rings (SSSR count). The second-order valence-corrected chi connectivity index (χ2v) is 4.98. The third-order valence-electron chi connectivity index (χ3n) is 3.51. The van der Waals surface area contributed by atoms with Crippen LogP contribution in [0.25, 0.3) is 0 Å². The van der Waals surface area contributed by atoms with Crippen LogP contribution >= 0.6 is 0 Å². The molecule has 0 radical (unpaired) electrons. The smallest absolute Gasteiger partial charge is 0.228 e. The summed E-state index contributed by atoms with van der Waals surface area (Å²) in [5, 5.41) is 0. The molecule has 1 fully saturated rings. The SMILES string of the molecule is C#CC1CC(=O)N(c2cccc(Cn3ccnc3)c2)C1. The van der Waals surface area contributed by atoms with Crippen molar-refractivity contribution in [2.75, 3.05) is 11.4 Å². The lowest BCUT2D eigenvalue weighted by Crippen LogP contribution is -2.24. The van der Waals surface area contributed by atoms with E-state index in [0.717, 1.165) is 17.8 Å². The molecule has 2 heterocycles. The number of carbonyl (C=O) groups excluding carboxylic acids is 1. The fraction of sp³-hybridized carbons (Fsp3) is 0.250. The lowest BCUT2D eigenvalue weighted by molar-refractivity contribution is -0.117. The van der Waals surface area contributed by atoms with Gasteiger partial charge in [-0.1, -0.05) is 12.1 Å². The average Bonchev–Trinajstić information content (AvgIpc) is 3.08. The van der Waals surface area contributed by atoms with E-state index in [1.54, 1.807) is 17.4 Å². The summed E-state index contributed by atoms with van der Waals surface area (Å²) in [6, 6.07) is 8.01. The van der Waals surface area contributed by atoms with Crippen molar-refractivity contribution in [1.82, 2.24) is 9.55 Å². The van der Waals surface area contributed by atoms with Gasteiger partial charge in [0.05, 0.1) is 6.33 Å². The van der Waals surface area contributed by atoms with E-state index in [-0.39, 0.29) is 11.8 Å². The number of aromatic nitrogens is 2. The van der Waals surface area contributed by atoms with Gasteiger partial charge in [0, 0.05) is 43.5 Å². The van der Waals surface area contributed by atoms with Crippen molar-refractivity contribution in [2.45, 2.75) is 13.0 Å². The fourth-order valence-electron chi connectivity index (χ4n) is 2.48. The minimum absolute atomic E-state index is 0.0276. The van der Waals surface area contributed by atoms with Gasteiger partial charge in [0.2, 0.25) is 5.91 Å². The Labute approximate surface area is 118 Å². The highest BCUT2D eigenvalue weighted by atomic mass is 16.2. The van der Waals surface area contributed by atoms with E-state index in [4.69, 9.17) is 6.42 Å². The van der Waals surface area contributed by atoms with E-state index in [9.17, 15) is 4.79 Å². The first-order valence-electron chi connectivity index (χ1n) is 6.57. The number of terminal acetylenes is 1. The van der Waals surface area contributed by atoms with Crippen molar-refractivity contribution < 1.29 is 4.79 Å². The number of nitrogens with zero attached hydrogens (tertiary/aromatic N) is 3. The number of hydrogen-bond donors (Lipinski definition) is 0. The molecule has 1 atom stereocenters. The number of amides is 1. The maximum absolute atomic E-state index is 12.0. The van der Waals surface area contributed by atoms with Crippen LogP contribution in [-0.4, -0.2) is 22.0 Å². The first-order chi connectivity index (χ1) is 9.76. The average molecular weight is 265 g/mol. The lowest BCUT2D eigenvalue weighted by Gasteiger charge is -2.17. The molecule has 1 aliphatic heterocycles. The maximum atomic E-state index is 12.0. The van der Waals surface area contributed by atoms with Gasteiger partial charge >= 0.3 is 0 Å². The zero-order valence-corrected chi connectivity index (χ0v) is 11.1. The van der Waals surface area contributed by atoms with Gasteiger partial charge in [0.1, 0.15) is 0 Å². The van der Waals surface area contributed by atoms with Gasteiger partial charge in [-0.3, -0.25) is 4.79 Å². The molecule has 0 N–H and O–H groups in total. The summed E-state index contributed by atoms with van der Waals surface area (Å²) in [6.07, 6.45) is 11.3. The summed E-state index contributed by atoms with van der Waals surface area (Å²) >= 11 is 0. The quantitative estimate of drug-likeness (QED) is 0.795. The van der Waals surface area contributed by atoms with E-state index >= 15 is 0 Å². The maximum Gasteiger partial charge on any atom is 0.228 e. The van der Waals surface area contributed by atoms with Crippen LogP contribution in [0.5, 0.6) is 0 Å². The Hall–Kier alpha value is -2.54. The summed E-state index contributed by atoms with van der Waals surface area (Å²) in [5.74, 6) is 2.80. The van der Waals surface area contributed by atoms with Gasteiger partial charge in [-0.2, -0.15) is 0 Å². The summed E-state index contributed by atoms with van der Waals surface area (Å²) in [4.78, 5) is 17.8. The minimum atomic E-state index is 0.0276. The summed E-state index contributed by atoms with van der Waals surface area (Å²) < 4.78 is 2.00. The Morgan fingerprint density at radius 2 is 2.35 bits per heavy atom. The van der Waals surface area contributed by atoms with Crippen molar-refractivity contribution in [2.24, 2.45) is 5.92 Å². The molecule has 0 spiro atoms. The Morgan fingerprint density at radius 3 is 3.05 bits per heavy atom. The van der Waals surface area contributed by atoms with Gasteiger partial charge in [0.15, 0.2) is 0 Å². The van der Waals surface area contributed by atoms with E-state index < -0.39 is 0 Å². The Balaban J connectivity index is 1.81. The van der Waals surface area contributed by atoms with E-state index in [1.165, 1.54) is 0 Å². The molecule has 1 aromatic heterocycles. The van der Waals surface area contributed by atoms with Crippen LogP contribution in [0.2, 0.25) is 0 Å². The number of benzene rings is 1. The van der Waals surface area contributed by atoms with Gasteiger partial charge in [-0.15, -0.1) is 12.3 Å². The van der Waals surface area contributed by atoms with Crippen molar-refractivity contribution in [1.29, 1.82) is 0 Å². The first-order valence-corrected chi connectivity index (χ1v) is 6.57. The number of anilines is 1. The third-order valence-corrected chi connectivity index (χ3v) is 3.51. The molecule has 0 bridgehead atoms.